The second-order valence-electron chi connectivity index (χ2n) is 16.1. The topological polar surface area (TPSA) is 180 Å². The fraction of sp³-hybridized carbons (Fsp3) is 0.429. The fourth-order valence-electron chi connectivity index (χ4n) is 7.15. The maximum atomic E-state index is 15.5. The molecule has 14 nitrogen and oxygen atoms in total. The van der Waals surface area contributed by atoms with Crippen LogP contribution < -0.4 is 26.0 Å². The molecule has 320 valence electrons. The minimum atomic E-state index is -5.14. The number of hydrogen-bond donors (Lipinski definition) is 5. The Morgan fingerprint density at radius 3 is 2.30 bits per heavy atom. The van der Waals surface area contributed by atoms with Crippen LogP contribution in [0.3, 0.4) is 0 Å². The third-order valence-corrected chi connectivity index (χ3v) is 10.7. The van der Waals surface area contributed by atoms with Crippen molar-refractivity contribution < 1.29 is 46.2 Å². The second kappa shape index (κ2) is 17.6. The number of amides is 4. The van der Waals surface area contributed by atoms with Crippen molar-refractivity contribution in [2.75, 3.05) is 30.8 Å². The van der Waals surface area contributed by atoms with Crippen molar-refractivity contribution in [1.29, 1.82) is 0 Å². The molecule has 4 amide bonds. The molecule has 0 spiro atoms. The van der Waals surface area contributed by atoms with Crippen LogP contribution in [0.15, 0.2) is 60.9 Å². The van der Waals surface area contributed by atoms with Gasteiger partial charge in [0.1, 0.15) is 29.3 Å². The number of likely N-dealkylation sites (tertiary alicyclic amines) is 1. The Hall–Kier alpha value is -6.20. The molecule has 1 aliphatic carbocycles. The number of pyridine rings is 1. The molecule has 2 aromatic carbocycles. The first kappa shape index (κ1) is 43.4. The van der Waals surface area contributed by atoms with Crippen molar-refractivity contribution >= 4 is 35.3 Å². The van der Waals surface area contributed by atoms with Crippen molar-refractivity contribution in [3.63, 3.8) is 0 Å². The molecule has 0 unspecified atom stereocenters. The lowest BCUT2D eigenvalue weighted by atomic mass is 10.0. The molecule has 18 heteroatoms. The first-order valence-corrected chi connectivity index (χ1v) is 19.5. The van der Waals surface area contributed by atoms with Crippen molar-refractivity contribution in [1.82, 2.24) is 30.5 Å². The van der Waals surface area contributed by atoms with E-state index in [9.17, 15) is 32.3 Å². The van der Waals surface area contributed by atoms with Gasteiger partial charge < -0.3 is 40.6 Å². The highest BCUT2D eigenvalue weighted by Crippen LogP contribution is 2.51. The van der Waals surface area contributed by atoms with Gasteiger partial charge in [-0.3, -0.25) is 14.4 Å². The summed E-state index contributed by atoms with van der Waals surface area (Å²) in [6.45, 7) is 10.4. The van der Waals surface area contributed by atoms with Crippen molar-refractivity contribution in [3.05, 3.63) is 78.1 Å². The highest BCUT2D eigenvalue weighted by molar-refractivity contribution is 6.04. The van der Waals surface area contributed by atoms with E-state index in [4.69, 9.17) is 4.74 Å². The lowest BCUT2D eigenvalue weighted by molar-refractivity contribution is -0.274. The van der Waals surface area contributed by atoms with Crippen LogP contribution in [0.2, 0.25) is 0 Å². The summed E-state index contributed by atoms with van der Waals surface area (Å²) in [6.07, 6.45) is -0.854. The van der Waals surface area contributed by atoms with Gasteiger partial charge in [-0.2, -0.15) is 0 Å². The van der Waals surface area contributed by atoms with Crippen LogP contribution in [0, 0.1) is 23.1 Å². The molecule has 1 aliphatic heterocycles. The molecule has 1 saturated heterocycles. The molecule has 2 fully saturated rings. The molecule has 1 saturated carbocycles. The average Bonchev–Trinajstić information content (AvgIpc) is 3.54. The molecule has 0 radical (unpaired) electrons. The Bertz CT molecular complexity index is 2210. The van der Waals surface area contributed by atoms with E-state index in [1.165, 1.54) is 37.6 Å². The molecular weight excluding hydrogens is 789 g/mol. The monoisotopic (exact) mass is 836 g/mol. The van der Waals surface area contributed by atoms with Crippen molar-refractivity contribution in [3.8, 4) is 28.1 Å². The first-order valence-electron chi connectivity index (χ1n) is 19.5. The van der Waals surface area contributed by atoms with Crippen LogP contribution in [-0.4, -0.2) is 82.3 Å². The molecule has 2 aromatic heterocycles. The smallest absolute Gasteiger partial charge is 0.453 e. The zero-order valence-corrected chi connectivity index (χ0v) is 34.0. The molecule has 4 aromatic rings. The highest BCUT2D eigenvalue weighted by Gasteiger charge is 2.50. The van der Waals surface area contributed by atoms with Gasteiger partial charge in [-0.05, 0) is 66.8 Å². The second-order valence-corrected chi connectivity index (χ2v) is 16.1. The number of H-pyrrole nitrogens is 1. The number of methoxy groups -OCH3 is 1. The largest absolute Gasteiger partial charge is 0.573 e. The van der Waals surface area contributed by atoms with Gasteiger partial charge in [0.2, 0.25) is 11.8 Å². The molecular formula is C42H48F4N8O6. The Labute approximate surface area is 344 Å². The van der Waals surface area contributed by atoms with E-state index in [0.29, 0.717) is 42.4 Å². The zero-order valence-electron chi connectivity index (χ0n) is 34.0. The fourth-order valence-corrected chi connectivity index (χ4v) is 7.15. The van der Waals surface area contributed by atoms with Gasteiger partial charge in [0, 0.05) is 42.9 Å². The number of nitrogens with one attached hydrogen (secondary N) is 5. The molecule has 0 bridgehead atoms. The maximum absolute atomic E-state index is 15.5. The number of anilines is 2. The van der Waals surface area contributed by atoms with E-state index in [1.54, 1.807) is 23.2 Å². The van der Waals surface area contributed by atoms with Gasteiger partial charge in [-0.15, -0.1) is 13.2 Å². The SMILES string of the molecule is COC(=O)N[C@H](C(=O)N1CCC[C@H]1c1ncc(-c2ccc(-c3cc(F)c(NC(=O)c4ccc(NC[C@H](C)NC(=O)[C@H]5CC5(C)C)nc4)cc3OC(F)(F)F)cc2)[nH]1)C(C)C. The van der Waals surface area contributed by atoms with Crippen LogP contribution in [-0.2, 0) is 14.3 Å². The summed E-state index contributed by atoms with van der Waals surface area (Å²) in [6, 6.07) is 9.37. The Morgan fingerprint density at radius 2 is 1.68 bits per heavy atom. The van der Waals surface area contributed by atoms with Crippen molar-refractivity contribution in [2.24, 2.45) is 17.3 Å². The summed E-state index contributed by atoms with van der Waals surface area (Å²) < 4.78 is 65.4. The minimum absolute atomic E-state index is 0.00559. The first-order chi connectivity index (χ1) is 28.3. The summed E-state index contributed by atoms with van der Waals surface area (Å²) in [5.41, 5.74) is 0.620. The average molecular weight is 837 g/mol. The number of rotatable bonds is 14. The van der Waals surface area contributed by atoms with E-state index in [1.807, 2.05) is 34.6 Å². The molecule has 5 N–H and O–H groups in total. The molecule has 60 heavy (non-hydrogen) atoms. The van der Waals surface area contributed by atoms with Crippen LogP contribution in [0.4, 0.5) is 33.9 Å². The number of ether oxygens (including phenoxy) is 2. The molecule has 2 aliphatic rings. The minimum Gasteiger partial charge on any atom is -0.453 e. The quantitative estimate of drug-likeness (QED) is 0.0808. The van der Waals surface area contributed by atoms with Gasteiger partial charge in [0.15, 0.2) is 0 Å². The third kappa shape index (κ3) is 10.3. The van der Waals surface area contributed by atoms with E-state index < -0.39 is 41.7 Å². The number of benzene rings is 2. The zero-order chi connectivity index (χ0) is 43.5. The molecule has 3 heterocycles. The van der Waals surface area contributed by atoms with E-state index >= 15 is 4.39 Å². The number of halogens is 4. The van der Waals surface area contributed by atoms with Crippen LogP contribution in [0.1, 0.15) is 76.1 Å². The normalized spacial score (nSPS) is 18.0. The third-order valence-electron chi connectivity index (χ3n) is 10.7. The van der Waals surface area contributed by atoms with Crippen molar-refractivity contribution in [2.45, 2.75) is 78.4 Å². The highest BCUT2D eigenvalue weighted by atomic mass is 19.4. The number of carbonyl (C=O) groups is 4. The Balaban J connectivity index is 1.12. The summed E-state index contributed by atoms with van der Waals surface area (Å²) in [7, 11) is 1.22. The van der Waals surface area contributed by atoms with Gasteiger partial charge in [0.05, 0.1) is 36.3 Å². The Morgan fingerprint density at radius 1 is 0.983 bits per heavy atom. The maximum Gasteiger partial charge on any atom is 0.573 e. The van der Waals surface area contributed by atoms with E-state index in [-0.39, 0.29) is 57.8 Å². The van der Waals surface area contributed by atoms with Crippen LogP contribution in [0.5, 0.6) is 5.75 Å². The van der Waals surface area contributed by atoms with Gasteiger partial charge in [-0.25, -0.2) is 19.2 Å². The van der Waals surface area contributed by atoms with Crippen LogP contribution in [0.25, 0.3) is 22.4 Å². The van der Waals surface area contributed by atoms with Gasteiger partial charge in [0.25, 0.3) is 5.91 Å². The summed E-state index contributed by atoms with van der Waals surface area (Å²) in [5, 5.41) is 11.0. The van der Waals surface area contributed by atoms with E-state index in [0.717, 1.165) is 25.0 Å². The predicted octanol–water partition coefficient (Wildman–Crippen LogP) is 7.44. The summed E-state index contributed by atoms with van der Waals surface area (Å²) >= 11 is 0. The van der Waals surface area contributed by atoms with Gasteiger partial charge in [-0.1, -0.05) is 52.0 Å². The standard InChI is InChI=1S/C42H48F4N8O6/c1-22(2)35(53-40(58)59-6)39(57)54-15-7-8-32(54)36-49-21-31(51-36)25-11-9-24(10-12-25)27-16-29(43)30(17-33(27)60-42(44,45)46)52-37(55)26-13-14-34(48-20-26)47-19-23(3)50-38(56)28-18-41(28,4)5/h9-14,16-17,20-23,28,32,35H,7-8,15,18-19H2,1-6H3,(H,47,48)(H,49,51)(H,50,56)(H,52,55)(H,53,58)/t23-,28+,32-,35-/m0/s1. The number of alkyl halides is 3. The number of aromatic amines is 1. The number of hydrogen-bond acceptors (Lipinski definition) is 9. The van der Waals surface area contributed by atoms with Crippen LogP contribution >= 0.6 is 0 Å². The number of alkyl carbamates (subject to hydrolysis) is 1. The lowest BCUT2D eigenvalue weighted by Gasteiger charge is -2.30. The summed E-state index contributed by atoms with van der Waals surface area (Å²) in [4.78, 5) is 64.5. The number of aromatic nitrogens is 3. The summed E-state index contributed by atoms with van der Waals surface area (Å²) in [5.74, 6) is -2.13. The Kier molecular flexibility index (Phi) is 12.7. The van der Waals surface area contributed by atoms with E-state index in [2.05, 4.69) is 41.0 Å². The lowest BCUT2D eigenvalue weighted by Crippen LogP contribution is -2.51. The molecule has 4 atom stereocenters. The predicted molar refractivity (Wildman–Crippen MR) is 214 cm³/mol. The molecule has 6 rings (SSSR count). The van der Waals surface area contributed by atoms with Gasteiger partial charge >= 0.3 is 12.5 Å². The number of carbonyl (C=O) groups excluding carboxylic acids is 4. The number of nitrogens with zero attached hydrogens (tertiary/aromatic N) is 3. The number of imidazole rings is 1.